The summed E-state index contributed by atoms with van der Waals surface area (Å²) in [6, 6.07) is 18.7. The fourth-order valence-corrected chi connectivity index (χ4v) is 8.38. The van der Waals surface area contributed by atoms with Crippen molar-refractivity contribution in [2.45, 2.75) is 78.3 Å². The van der Waals surface area contributed by atoms with E-state index in [0.29, 0.717) is 42.8 Å². The molecule has 1 aliphatic heterocycles. The summed E-state index contributed by atoms with van der Waals surface area (Å²) >= 11 is 0. The van der Waals surface area contributed by atoms with Crippen LogP contribution in [0.2, 0.25) is 0 Å². The van der Waals surface area contributed by atoms with Gasteiger partial charge >= 0.3 is 0 Å². The van der Waals surface area contributed by atoms with Gasteiger partial charge in [0.1, 0.15) is 12.1 Å². The van der Waals surface area contributed by atoms with Crippen LogP contribution in [0, 0.1) is 29.1 Å². The van der Waals surface area contributed by atoms with Gasteiger partial charge in [-0.1, -0.05) is 52.0 Å². The molecule has 11 nitrogen and oxygen atoms in total. The SMILES string of the molecule is C[C@H](O)[C@@H]1[C@H](CO)ON(Cc2cccc(-c3cc(C(=O)N[C@@H](Cc4ccccn4)CN(C)C)cc(N(C)C)c3)c2)[C@@H]1C(=O)NC[C@@H](C)[C@@H]1C[C@H](C)C1(C)C. The second kappa shape index (κ2) is 17.7. The highest BCUT2D eigenvalue weighted by Crippen LogP contribution is 2.54. The Bertz CT molecular complexity index is 1720. The first kappa shape index (κ1) is 41.3. The Labute approximate surface area is 322 Å². The predicted molar refractivity (Wildman–Crippen MR) is 214 cm³/mol. The molecule has 11 heteroatoms. The molecule has 2 heterocycles. The average molecular weight is 743 g/mol. The van der Waals surface area contributed by atoms with E-state index in [1.807, 2.05) is 87.7 Å². The number of hydroxylamine groups is 2. The quantitative estimate of drug-likeness (QED) is 0.166. The van der Waals surface area contributed by atoms with E-state index in [9.17, 15) is 19.8 Å². The number of aliphatic hydroxyl groups is 2. The number of anilines is 1. The zero-order chi connectivity index (χ0) is 39.3. The van der Waals surface area contributed by atoms with Gasteiger partial charge in [0.2, 0.25) is 5.91 Å². The van der Waals surface area contributed by atoms with Crippen molar-refractivity contribution >= 4 is 17.5 Å². The number of amides is 2. The van der Waals surface area contributed by atoms with E-state index in [1.165, 1.54) is 0 Å². The van der Waals surface area contributed by atoms with Crippen molar-refractivity contribution < 1.29 is 24.6 Å². The molecule has 4 N–H and O–H groups in total. The van der Waals surface area contributed by atoms with Crippen LogP contribution in [0.3, 0.4) is 0 Å². The van der Waals surface area contributed by atoms with Gasteiger partial charge in [-0.2, -0.15) is 5.06 Å². The third-order valence-corrected chi connectivity index (χ3v) is 11.9. The van der Waals surface area contributed by atoms with Gasteiger partial charge in [0.05, 0.1) is 19.3 Å². The van der Waals surface area contributed by atoms with E-state index in [-0.39, 0.29) is 36.4 Å². The molecule has 3 aromatic rings. The van der Waals surface area contributed by atoms with Crippen LogP contribution >= 0.6 is 0 Å². The number of likely N-dealkylation sites (N-methyl/N-ethyl adjacent to an activating group) is 1. The number of carbonyl (C=O) groups excluding carboxylic acids is 2. The smallest absolute Gasteiger partial charge is 0.251 e. The molecule has 0 bridgehead atoms. The molecular weight excluding hydrogens is 681 g/mol. The average Bonchev–Trinajstić information content (AvgIpc) is 3.51. The topological polar surface area (TPSA) is 130 Å². The van der Waals surface area contributed by atoms with Gasteiger partial charge in [-0.05, 0) is 104 Å². The molecule has 2 aliphatic rings. The highest BCUT2D eigenvalue weighted by Gasteiger charge is 2.50. The minimum absolute atomic E-state index is 0.145. The molecule has 2 fully saturated rings. The van der Waals surface area contributed by atoms with E-state index >= 15 is 0 Å². The van der Waals surface area contributed by atoms with Gasteiger partial charge in [0.15, 0.2) is 0 Å². The molecule has 8 atom stereocenters. The van der Waals surface area contributed by atoms with Crippen molar-refractivity contribution in [3.8, 4) is 11.1 Å². The Morgan fingerprint density at radius 2 is 1.80 bits per heavy atom. The molecule has 1 saturated heterocycles. The van der Waals surface area contributed by atoms with Crippen molar-refractivity contribution in [1.82, 2.24) is 25.6 Å². The van der Waals surface area contributed by atoms with Gasteiger partial charge in [-0.3, -0.25) is 19.4 Å². The summed E-state index contributed by atoms with van der Waals surface area (Å²) < 4.78 is 0. The second-order valence-electron chi connectivity index (χ2n) is 16.8. The minimum atomic E-state index is -0.877. The largest absolute Gasteiger partial charge is 0.394 e. The summed E-state index contributed by atoms with van der Waals surface area (Å²) in [5.74, 6) is 0.485. The fourth-order valence-electron chi connectivity index (χ4n) is 8.38. The fraction of sp³-hybridized carbons (Fsp3) is 0.558. The molecule has 5 rings (SSSR count). The summed E-state index contributed by atoms with van der Waals surface area (Å²) in [7, 11) is 7.88. The monoisotopic (exact) mass is 742 g/mol. The molecule has 1 aromatic heterocycles. The Kier molecular flexibility index (Phi) is 13.6. The predicted octanol–water partition coefficient (Wildman–Crippen LogP) is 4.63. The highest BCUT2D eigenvalue weighted by atomic mass is 16.7. The first-order valence-corrected chi connectivity index (χ1v) is 19.4. The number of carbonyl (C=O) groups is 2. The van der Waals surface area contributed by atoms with Crippen LogP contribution in [0.15, 0.2) is 66.9 Å². The summed E-state index contributed by atoms with van der Waals surface area (Å²) in [6.45, 7) is 11.9. The molecule has 0 unspecified atom stereocenters. The Balaban J connectivity index is 1.36. The summed E-state index contributed by atoms with van der Waals surface area (Å²) in [5, 5.41) is 29.1. The van der Waals surface area contributed by atoms with Crippen LogP contribution in [0.25, 0.3) is 11.1 Å². The maximum atomic E-state index is 13.9. The lowest BCUT2D eigenvalue weighted by atomic mass is 9.52. The lowest BCUT2D eigenvalue weighted by Gasteiger charge is -2.53. The van der Waals surface area contributed by atoms with E-state index in [1.54, 1.807) is 18.2 Å². The van der Waals surface area contributed by atoms with E-state index in [4.69, 9.17) is 4.84 Å². The summed E-state index contributed by atoms with van der Waals surface area (Å²) in [5.41, 5.74) is 5.23. The van der Waals surface area contributed by atoms with Crippen molar-refractivity contribution in [2.75, 3.05) is 52.8 Å². The first-order valence-electron chi connectivity index (χ1n) is 19.4. The lowest BCUT2D eigenvalue weighted by Crippen LogP contribution is -2.52. The minimum Gasteiger partial charge on any atom is -0.394 e. The van der Waals surface area contributed by atoms with Crippen LogP contribution < -0.4 is 15.5 Å². The number of nitrogens with zero attached hydrogens (tertiary/aromatic N) is 4. The molecule has 1 aliphatic carbocycles. The molecular formula is C43H62N6O5. The van der Waals surface area contributed by atoms with Crippen molar-refractivity contribution in [3.63, 3.8) is 0 Å². The molecule has 54 heavy (non-hydrogen) atoms. The molecule has 2 aromatic carbocycles. The number of rotatable bonds is 16. The first-order chi connectivity index (χ1) is 25.6. The normalized spacial score (nSPS) is 24.0. The van der Waals surface area contributed by atoms with Crippen LogP contribution in [0.1, 0.15) is 62.7 Å². The second-order valence-corrected chi connectivity index (χ2v) is 16.8. The third kappa shape index (κ3) is 9.67. The molecule has 0 radical (unpaired) electrons. The van der Waals surface area contributed by atoms with E-state index < -0.39 is 24.2 Å². The Morgan fingerprint density at radius 3 is 2.41 bits per heavy atom. The molecule has 2 amide bonds. The number of aliphatic hydroxyl groups excluding tert-OH is 2. The standard InChI is InChI=1S/C43H62N6O5/c1-27(37-17-28(2)43(37,4)5)23-45-42(53)40-39(29(3)51)38(26-50)54-49(40)24-30-13-12-14-31(18-30)32-19-33(21-36(20-32)48(8)9)41(52)46-35(25-47(6)7)22-34-15-10-11-16-44-34/h10-16,18-21,27-29,35,37-40,50-51H,17,22-26H2,1-9H3,(H,45,53)(H,46,52)/t27-,28+,29+,35+,37+,38+,39-,40+/m1/s1. The maximum absolute atomic E-state index is 13.9. The van der Waals surface area contributed by atoms with Crippen LogP contribution in [0.5, 0.6) is 0 Å². The van der Waals surface area contributed by atoms with E-state index in [0.717, 1.165) is 34.5 Å². The highest BCUT2D eigenvalue weighted by molar-refractivity contribution is 5.97. The van der Waals surface area contributed by atoms with Crippen molar-refractivity contribution in [1.29, 1.82) is 0 Å². The number of aromatic nitrogens is 1. The zero-order valence-electron chi connectivity index (χ0n) is 33.6. The van der Waals surface area contributed by atoms with Gasteiger partial charge in [0.25, 0.3) is 5.91 Å². The Morgan fingerprint density at radius 1 is 1.04 bits per heavy atom. The van der Waals surface area contributed by atoms with Crippen molar-refractivity contribution in [2.24, 2.45) is 29.1 Å². The van der Waals surface area contributed by atoms with Gasteiger partial charge in [0, 0.05) is 68.7 Å². The zero-order valence-corrected chi connectivity index (χ0v) is 33.6. The van der Waals surface area contributed by atoms with Gasteiger partial charge in [-0.15, -0.1) is 0 Å². The van der Waals surface area contributed by atoms with Crippen molar-refractivity contribution in [3.05, 3.63) is 83.7 Å². The number of hydrogen-bond acceptors (Lipinski definition) is 9. The summed E-state index contributed by atoms with van der Waals surface area (Å²) in [6.07, 6.45) is 1.92. The van der Waals surface area contributed by atoms with Crippen LogP contribution in [-0.2, 0) is 22.6 Å². The molecule has 1 saturated carbocycles. The lowest BCUT2D eigenvalue weighted by molar-refractivity contribution is -0.182. The number of benzene rings is 2. The maximum Gasteiger partial charge on any atom is 0.251 e. The number of nitrogens with one attached hydrogen (secondary N) is 2. The van der Waals surface area contributed by atoms with Crippen LogP contribution in [-0.4, -0.2) is 109 Å². The van der Waals surface area contributed by atoms with E-state index in [2.05, 4.69) is 54.3 Å². The van der Waals surface area contributed by atoms with Gasteiger partial charge < -0.3 is 30.6 Å². The summed E-state index contributed by atoms with van der Waals surface area (Å²) in [4.78, 5) is 42.5. The van der Waals surface area contributed by atoms with Gasteiger partial charge in [-0.25, -0.2) is 0 Å². The molecule has 0 spiro atoms. The molecule has 294 valence electrons. The number of hydrogen-bond donors (Lipinski definition) is 4. The Hall–Kier alpha value is -3.87. The number of pyridine rings is 1. The third-order valence-electron chi connectivity index (χ3n) is 11.9. The van der Waals surface area contributed by atoms with Crippen LogP contribution in [0.4, 0.5) is 5.69 Å².